The van der Waals surface area contributed by atoms with Gasteiger partial charge in [-0.2, -0.15) is 0 Å². The zero-order valence-corrected chi connectivity index (χ0v) is 14.9. The van der Waals surface area contributed by atoms with E-state index in [1.807, 2.05) is 24.3 Å². The molecule has 2 aromatic carbocycles. The molecule has 2 atom stereocenters. The summed E-state index contributed by atoms with van der Waals surface area (Å²) in [5.41, 5.74) is 3.30. The Labute approximate surface area is 148 Å². The monoisotopic (exact) mass is 336 g/mol. The Morgan fingerprint density at radius 2 is 1.44 bits per heavy atom. The molecule has 2 unspecified atom stereocenters. The highest BCUT2D eigenvalue weighted by molar-refractivity contribution is 6.04. The van der Waals surface area contributed by atoms with Crippen molar-refractivity contribution in [1.29, 1.82) is 0 Å². The first kappa shape index (κ1) is 17.2. The van der Waals surface area contributed by atoms with Crippen LogP contribution in [0.5, 0.6) is 0 Å². The molecule has 0 aromatic heterocycles. The molecule has 0 bridgehead atoms. The summed E-state index contributed by atoms with van der Waals surface area (Å²) in [6, 6.07) is 14.9. The molecule has 1 aliphatic carbocycles. The highest BCUT2D eigenvalue weighted by Gasteiger charge is 2.39. The number of hydrogen-bond acceptors (Lipinski definition) is 2. The molecule has 0 spiro atoms. The first-order valence-corrected chi connectivity index (χ1v) is 8.76. The van der Waals surface area contributed by atoms with Crippen LogP contribution in [0.1, 0.15) is 49.0 Å². The van der Waals surface area contributed by atoms with Crippen LogP contribution in [0.25, 0.3) is 0 Å². The van der Waals surface area contributed by atoms with Gasteiger partial charge in [0.1, 0.15) is 0 Å². The second-order valence-electron chi connectivity index (χ2n) is 7.12. The van der Waals surface area contributed by atoms with Gasteiger partial charge in [0.15, 0.2) is 0 Å². The number of amides is 2. The number of hydrogen-bond donors (Lipinski definition) is 2. The van der Waals surface area contributed by atoms with E-state index in [9.17, 15) is 9.59 Å². The van der Waals surface area contributed by atoms with E-state index in [0.29, 0.717) is 17.4 Å². The van der Waals surface area contributed by atoms with Crippen LogP contribution in [0.4, 0.5) is 11.4 Å². The molecule has 25 heavy (non-hydrogen) atoms. The molecule has 0 radical (unpaired) electrons. The van der Waals surface area contributed by atoms with E-state index in [1.54, 1.807) is 24.3 Å². The van der Waals surface area contributed by atoms with Crippen LogP contribution in [-0.4, -0.2) is 11.8 Å². The van der Waals surface area contributed by atoms with Crippen molar-refractivity contribution in [3.8, 4) is 0 Å². The molecular weight excluding hydrogens is 312 g/mol. The number of nitrogens with one attached hydrogen (secondary N) is 2. The Morgan fingerprint density at radius 3 is 1.96 bits per heavy atom. The SMILES string of the molecule is CC(C)c1ccc(NC(=O)c2ccc(NC(=O)C3CC3C)cc2)cc1. The molecule has 4 heteroatoms. The van der Waals surface area contributed by atoms with Crippen LogP contribution in [-0.2, 0) is 4.79 Å². The van der Waals surface area contributed by atoms with Crippen LogP contribution >= 0.6 is 0 Å². The van der Waals surface area contributed by atoms with Gasteiger partial charge >= 0.3 is 0 Å². The molecule has 1 saturated carbocycles. The summed E-state index contributed by atoms with van der Waals surface area (Å²) in [7, 11) is 0. The summed E-state index contributed by atoms with van der Waals surface area (Å²) < 4.78 is 0. The van der Waals surface area contributed by atoms with E-state index in [-0.39, 0.29) is 17.7 Å². The van der Waals surface area contributed by atoms with Gasteiger partial charge in [0.05, 0.1) is 0 Å². The molecule has 3 rings (SSSR count). The smallest absolute Gasteiger partial charge is 0.255 e. The van der Waals surface area contributed by atoms with Crippen molar-refractivity contribution < 1.29 is 9.59 Å². The van der Waals surface area contributed by atoms with Gasteiger partial charge in [0.2, 0.25) is 5.91 Å². The van der Waals surface area contributed by atoms with Gasteiger partial charge in [-0.25, -0.2) is 0 Å². The predicted octanol–water partition coefficient (Wildman–Crippen LogP) is 4.66. The number of carbonyl (C=O) groups is 2. The third kappa shape index (κ3) is 4.27. The van der Waals surface area contributed by atoms with Gasteiger partial charge in [-0.1, -0.05) is 32.9 Å². The van der Waals surface area contributed by atoms with Crippen LogP contribution < -0.4 is 10.6 Å². The largest absolute Gasteiger partial charge is 0.326 e. The van der Waals surface area contributed by atoms with Gasteiger partial charge < -0.3 is 10.6 Å². The number of benzene rings is 2. The second kappa shape index (κ2) is 7.09. The average molecular weight is 336 g/mol. The van der Waals surface area contributed by atoms with Crippen molar-refractivity contribution in [2.75, 3.05) is 10.6 Å². The minimum atomic E-state index is -0.161. The van der Waals surface area contributed by atoms with Gasteiger partial charge in [-0.15, -0.1) is 0 Å². The van der Waals surface area contributed by atoms with Crippen molar-refractivity contribution in [2.24, 2.45) is 11.8 Å². The van der Waals surface area contributed by atoms with E-state index in [1.165, 1.54) is 5.56 Å². The van der Waals surface area contributed by atoms with Crippen LogP contribution in [0.15, 0.2) is 48.5 Å². The lowest BCUT2D eigenvalue weighted by molar-refractivity contribution is -0.117. The zero-order chi connectivity index (χ0) is 18.0. The first-order chi connectivity index (χ1) is 11.9. The Hall–Kier alpha value is -2.62. The summed E-state index contributed by atoms with van der Waals surface area (Å²) >= 11 is 0. The van der Waals surface area contributed by atoms with E-state index in [0.717, 1.165) is 17.8 Å². The first-order valence-electron chi connectivity index (χ1n) is 8.76. The lowest BCUT2D eigenvalue weighted by Gasteiger charge is -2.09. The fourth-order valence-corrected chi connectivity index (χ4v) is 2.78. The number of rotatable bonds is 5. The van der Waals surface area contributed by atoms with E-state index in [2.05, 4.69) is 31.4 Å². The quantitative estimate of drug-likeness (QED) is 0.834. The van der Waals surface area contributed by atoms with Gasteiger partial charge in [0.25, 0.3) is 5.91 Å². The highest BCUT2D eigenvalue weighted by Crippen LogP contribution is 2.38. The van der Waals surface area contributed by atoms with Gasteiger partial charge in [-0.05, 0) is 60.2 Å². The summed E-state index contributed by atoms with van der Waals surface area (Å²) in [6.45, 7) is 6.35. The fourth-order valence-electron chi connectivity index (χ4n) is 2.78. The Bertz CT molecular complexity index is 763. The Balaban J connectivity index is 1.59. The second-order valence-corrected chi connectivity index (χ2v) is 7.12. The molecule has 0 aliphatic heterocycles. The van der Waals surface area contributed by atoms with Crippen molar-refractivity contribution in [3.63, 3.8) is 0 Å². The topological polar surface area (TPSA) is 58.2 Å². The van der Waals surface area contributed by atoms with E-state index >= 15 is 0 Å². The minimum absolute atomic E-state index is 0.0648. The molecular formula is C21H24N2O2. The van der Waals surface area contributed by atoms with E-state index in [4.69, 9.17) is 0 Å². The van der Waals surface area contributed by atoms with Crippen LogP contribution in [0.2, 0.25) is 0 Å². The molecule has 130 valence electrons. The predicted molar refractivity (Wildman–Crippen MR) is 101 cm³/mol. The molecule has 2 aromatic rings. The maximum atomic E-state index is 12.3. The maximum Gasteiger partial charge on any atom is 0.255 e. The molecule has 0 heterocycles. The van der Waals surface area contributed by atoms with Gasteiger partial charge in [0, 0.05) is 22.9 Å². The lowest BCUT2D eigenvalue weighted by atomic mass is 10.0. The van der Waals surface area contributed by atoms with Crippen molar-refractivity contribution in [2.45, 2.75) is 33.1 Å². The van der Waals surface area contributed by atoms with Crippen molar-refractivity contribution >= 4 is 23.2 Å². The molecule has 2 amide bonds. The lowest BCUT2D eigenvalue weighted by Crippen LogP contribution is -2.15. The van der Waals surface area contributed by atoms with Crippen LogP contribution in [0, 0.1) is 11.8 Å². The Morgan fingerprint density at radius 1 is 0.920 bits per heavy atom. The Kier molecular flexibility index (Phi) is 4.88. The maximum absolute atomic E-state index is 12.3. The fraction of sp³-hybridized carbons (Fsp3) is 0.333. The summed E-state index contributed by atoms with van der Waals surface area (Å²) in [4.78, 5) is 24.3. The third-order valence-electron chi connectivity index (χ3n) is 4.70. The summed E-state index contributed by atoms with van der Waals surface area (Å²) in [5.74, 6) is 0.982. The third-order valence-corrected chi connectivity index (χ3v) is 4.70. The summed E-state index contributed by atoms with van der Waals surface area (Å²) in [6.07, 6.45) is 0.960. The standard InChI is InChI=1S/C21H24N2O2/c1-13(2)15-4-8-17(9-5-15)22-20(24)16-6-10-18(11-7-16)23-21(25)19-12-14(19)3/h4-11,13-14,19H,12H2,1-3H3,(H,22,24)(H,23,25). The number of carbonyl (C=O) groups excluding carboxylic acids is 2. The van der Waals surface area contributed by atoms with Crippen molar-refractivity contribution in [3.05, 3.63) is 59.7 Å². The molecule has 0 saturated heterocycles. The molecule has 2 N–H and O–H groups in total. The highest BCUT2D eigenvalue weighted by atomic mass is 16.2. The van der Waals surface area contributed by atoms with Crippen LogP contribution in [0.3, 0.4) is 0 Å². The number of anilines is 2. The zero-order valence-electron chi connectivity index (χ0n) is 14.9. The molecule has 1 fully saturated rings. The molecule has 4 nitrogen and oxygen atoms in total. The van der Waals surface area contributed by atoms with E-state index < -0.39 is 0 Å². The summed E-state index contributed by atoms with van der Waals surface area (Å²) in [5, 5.41) is 5.79. The van der Waals surface area contributed by atoms with Crippen molar-refractivity contribution in [1.82, 2.24) is 0 Å². The minimum Gasteiger partial charge on any atom is -0.326 e. The average Bonchev–Trinajstić information content (AvgIpc) is 3.33. The molecule has 1 aliphatic rings. The normalized spacial score (nSPS) is 18.7. The van der Waals surface area contributed by atoms with Gasteiger partial charge in [-0.3, -0.25) is 9.59 Å².